The Balaban J connectivity index is 1.90. The number of piperidine rings is 1. The van der Waals surface area contributed by atoms with Crippen molar-refractivity contribution in [2.45, 2.75) is 45.7 Å². The average Bonchev–Trinajstić information content (AvgIpc) is 2.62. The van der Waals surface area contributed by atoms with Gasteiger partial charge in [0.25, 0.3) is 11.8 Å². The minimum absolute atomic E-state index is 0.00423. The zero-order valence-electron chi connectivity index (χ0n) is 15.4. The predicted octanol–water partition coefficient (Wildman–Crippen LogP) is 1.57. The lowest BCUT2D eigenvalue weighted by Gasteiger charge is -2.31. The molecule has 8 heteroatoms. The van der Waals surface area contributed by atoms with E-state index in [-0.39, 0.29) is 30.0 Å². The van der Waals surface area contributed by atoms with Crippen molar-refractivity contribution in [2.75, 3.05) is 19.7 Å². The van der Waals surface area contributed by atoms with Crippen molar-refractivity contribution in [3.63, 3.8) is 0 Å². The summed E-state index contributed by atoms with van der Waals surface area (Å²) >= 11 is 0. The van der Waals surface area contributed by atoms with Gasteiger partial charge in [0.1, 0.15) is 0 Å². The number of hydrogen-bond acceptors (Lipinski definition) is 5. The number of carbonyl (C=O) groups is 3. The quantitative estimate of drug-likeness (QED) is 0.828. The molecular formula is C18H26N4O4. The molecule has 0 saturated carbocycles. The van der Waals surface area contributed by atoms with Crippen LogP contribution in [0.15, 0.2) is 18.5 Å². The summed E-state index contributed by atoms with van der Waals surface area (Å²) in [7, 11) is 0. The molecule has 0 bridgehead atoms. The van der Waals surface area contributed by atoms with E-state index in [1.165, 1.54) is 18.5 Å². The number of carbonyl (C=O) groups excluding carboxylic acids is 3. The SMILES string of the molecule is CCOC(=O)N1CCC(NC(=O)c2cncc(C(=O)NC(C)C)c2)CC1. The van der Waals surface area contributed by atoms with Gasteiger partial charge >= 0.3 is 6.09 Å². The standard InChI is InChI=1S/C18H26N4O4/c1-4-26-18(25)22-7-5-15(6-8-22)21-17(24)14-9-13(10-19-11-14)16(23)20-12(2)3/h9-12,15H,4-8H2,1-3H3,(H,20,23)(H,21,24). The van der Waals surface area contributed by atoms with Crippen LogP contribution in [-0.2, 0) is 4.74 Å². The summed E-state index contributed by atoms with van der Waals surface area (Å²) in [6, 6.07) is 1.51. The van der Waals surface area contributed by atoms with E-state index in [2.05, 4.69) is 15.6 Å². The first-order chi connectivity index (χ1) is 12.4. The molecule has 2 N–H and O–H groups in total. The van der Waals surface area contributed by atoms with Crippen molar-refractivity contribution < 1.29 is 19.1 Å². The molecular weight excluding hydrogens is 336 g/mol. The first-order valence-electron chi connectivity index (χ1n) is 8.89. The Labute approximate surface area is 153 Å². The molecule has 1 aliphatic rings. The highest BCUT2D eigenvalue weighted by atomic mass is 16.6. The molecule has 142 valence electrons. The second-order valence-electron chi connectivity index (χ2n) is 6.52. The van der Waals surface area contributed by atoms with E-state index in [1.807, 2.05) is 13.8 Å². The summed E-state index contributed by atoms with van der Waals surface area (Å²) < 4.78 is 4.98. The van der Waals surface area contributed by atoms with E-state index in [0.717, 1.165) is 0 Å². The van der Waals surface area contributed by atoms with Crippen LogP contribution in [0.5, 0.6) is 0 Å². The lowest BCUT2D eigenvalue weighted by atomic mass is 10.0. The maximum absolute atomic E-state index is 12.4. The Morgan fingerprint density at radius 3 is 2.38 bits per heavy atom. The zero-order valence-corrected chi connectivity index (χ0v) is 15.4. The minimum atomic E-state index is -0.314. The van der Waals surface area contributed by atoms with Crippen molar-refractivity contribution in [1.82, 2.24) is 20.5 Å². The molecule has 3 amide bonds. The summed E-state index contributed by atoms with van der Waals surface area (Å²) in [5, 5.41) is 5.72. The second-order valence-corrected chi connectivity index (χ2v) is 6.52. The van der Waals surface area contributed by atoms with E-state index in [0.29, 0.717) is 43.7 Å². The molecule has 2 heterocycles. The normalized spacial score (nSPS) is 14.8. The van der Waals surface area contributed by atoms with Gasteiger partial charge in [-0.15, -0.1) is 0 Å². The summed E-state index contributed by atoms with van der Waals surface area (Å²) in [5.41, 5.74) is 0.692. The van der Waals surface area contributed by atoms with Crippen molar-refractivity contribution in [2.24, 2.45) is 0 Å². The number of nitrogens with zero attached hydrogens (tertiary/aromatic N) is 2. The van der Waals surface area contributed by atoms with Gasteiger partial charge in [0, 0.05) is 37.6 Å². The molecule has 0 atom stereocenters. The van der Waals surface area contributed by atoms with Crippen LogP contribution in [0.2, 0.25) is 0 Å². The Hall–Kier alpha value is -2.64. The molecule has 0 aliphatic carbocycles. The van der Waals surface area contributed by atoms with E-state index < -0.39 is 0 Å². The highest BCUT2D eigenvalue weighted by molar-refractivity contribution is 5.99. The third-order valence-corrected chi connectivity index (χ3v) is 4.04. The Morgan fingerprint density at radius 1 is 1.19 bits per heavy atom. The van der Waals surface area contributed by atoms with Crippen LogP contribution in [0.25, 0.3) is 0 Å². The number of aromatic nitrogens is 1. The Kier molecular flexibility index (Phi) is 6.94. The summed E-state index contributed by atoms with van der Waals surface area (Å²) in [6.07, 6.45) is 3.88. The van der Waals surface area contributed by atoms with Crippen molar-refractivity contribution in [1.29, 1.82) is 0 Å². The second kappa shape index (κ2) is 9.17. The summed E-state index contributed by atoms with van der Waals surface area (Å²) in [4.78, 5) is 41.8. The number of rotatable bonds is 5. The Bertz CT molecular complexity index is 654. The number of pyridine rings is 1. The van der Waals surface area contributed by atoms with Crippen molar-refractivity contribution in [3.05, 3.63) is 29.6 Å². The van der Waals surface area contributed by atoms with Gasteiger partial charge in [-0.25, -0.2) is 4.79 Å². The van der Waals surface area contributed by atoms with E-state index in [4.69, 9.17) is 4.74 Å². The van der Waals surface area contributed by atoms with E-state index >= 15 is 0 Å². The van der Waals surface area contributed by atoms with Crippen LogP contribution in [0, 0.1) is 0 Å². The predicted molar refractivity (Wildman–Crippen MR) is 95.9 cm³/mol. The molecule has 1 saturated heterocycles. The number of ether oxygens (including phenoxy) is 1. The van der Waals surface area contributed by atoms with Crippen LogP contribution in [0.1, 0.15) is 54.3 Å². The van der Waals surface area contributed by atoms with Gasteiger partial charge in [0.15, 0.2) is 0 Å². The summed E-state index contributed by atoms with van der Waals surface area (Å²) in [5.74, 6) is -0.531. The lowest BCUT2D eigenvalue weighted by molar-refractivity contribution is 0.0859. The maximum Gasteiger partial charge on any atom is 0.409 e. The average molecular weight is 362 g/mol. The monoisotopic (exact) mass is 362 g/mol. The first-order valence-corrected chi connectivity index (χ1v) is 8.89. The molecule has 1 aliphatic heterocycles. The largest absolute Gasteiger partial charge is 0.450 e. The topological polar surface area (TPSA) is 101 Å². The molecule has 1 fully saturated rings. The Morgan fingerprint density at radius 2 is 1.81 bits per heavy atom. The smallest absolute Gasteiger partial charge is 0.409 e. The van der Waals surface area contributed by atoms with Gasteiger partial charge in [-0.1, -0.05) is 0 Å². The third kappa shape index (κ3) is 5.44. The molecule has 0 aromatic carbocycles. The number of likely N-dealkylation sites (tertiary alicyclic amines) is 1. The van der Waals surface area contributed by atoms with Gasteiger partial charge < -0.3 is 20.3 Å². The molecule has 0 spiro atoms. The number of nitrogens with one attached hydrogen (secondary N) is 2. The van der Waals surface area contributed by atoms with Crippen LogP contribution in [0.4, 0.5) is 4.79 Å². The molecule has 1 aromatic heterocycles. The highest BCUT2D eigenvalue weighted by Crippen LogP contribution is 2.13. The zero-order chi connectivity index (χ0) is 19.1. The highest BCUT2D eigenvalue weighted by Gasteiger charge is 2.25. The molecule has 2 rings (SSSR count). The van der Waals surface area contributed by atoms with Gasteiger partial charge in [0.2, 0.25) is 0 Å². The number of amides is 3. The molecule has 8 nitrogen and oxygen atoms in total. The fourth-order valence-electron chi connectivity index (χ4n) is 2.72. The van der Waals surface area contributed by atoms with Crippen LogP contribution in [0.3, 0.4) is 0 Å². The van der Waals surface area contributed by atoms with Crippen molar-refractivity contribution >= 4 is 17.9 Å². The molecule has 1 aromatic rings. The van der Waals surface area contributed by atoms with Crippen LogP contribution in [-0.4, -0.2) is 59.6 Å². The lowest BCUT2D eigenvalue weighted by Crippen LogP contribution is -2.46. The van der Waals surface area contributed by atoms with Crippen LogP contribution < -0.4 is 10.6 Å². The van der Waals surface area contributed by atoms with Gasteiger partial charge in [-0.2, -0.15) is 0 Å². The fourth-order valence-corrected chi connectivity index (χ4v) is 2.72. The molecule has 0 radical (unpaired) electrons. The van der Waals surface area contributed by atoms with E-state index in [1.54, 1.807) is 11.8 Å². The van der Waals surface area contributed by atoms with Gasteiger partial charge in [-0.3, -0.25) is 14.6 Å². The molecule has 0 unspecified atom stereocenters. The van der Waals surface area contributed by atoms with Crippen LogP contribution >= 0.6 is 0 Å². The van der Waals surface area contributed by atoms with Crippen molar-refractivity contribution in [3.8, 4) is 0 Å². The molecule has 26 heavy (non-hydrogen) atoms. The van der Waals surface area contributed by atoms with Gasteiger partial charge in [-0.05, 0) is 39.7 Å². The fraction of sp³-hybridized carbons (Fsp3) is 0.556. The summed E-state index contributed by atoms with van der Waals surface area (Å²) in [6.45, 7) is 6.94. The maximum atomic E-state index is 12.4. The third-order valence-electron chi connectivity index (χ3n) is 4.04. The number of hydrogen-bond donors (Lipinski definition) is 2. The van der Waals surface area contributed by atoms with E-state index in [9.17, 15) is 14.4 Å². The van der Waals surface area contributed by atoms with Gasteiger partial charge in [0.05, 0.1) is 17.7 Å². The minimum Gasteiger partial charge on any atom is -0.450 e. The first kappa shape index (κ1) is 19.7.